The third kappa shape index (κ3) is 1.70. The quantitative estimate of drug-likeness (QED) is 0.618. The van der Waals surface area contributed by atoms with Gasteiger partial charge in [-0.05, 0) is 18.2 Å². The molecule has 1 aliphatic rings. The summed E-state index contributed by atoms with van der Waals surface area (Å²) in [7, 11) is 1.17. The van der Waals surface area contributed by atoms with Gasteiger partial charge in [0.2, 0.25) is 0 Å². The predicted molar refractivity (Wildman–Crippen MR) is 63.3 cm³/mol. The van der Waals surface area contributed by atoms with Crippen molar-refractivity contribution < 1.29 is 18.3 Å². The average molecular weight is 316 g/mol. The van der Waals surface area contributed by atoms with Gasteiger partial charge in [0.1, 0.15) is 6.42 Å². The number of ether oxygens (including phenoxy) is 1. The van der Waals surface area contributed by atoms with E-state index in [2.05, 4.69) is 25.5 Å². The topological polar surface area (TPSA) is 30.7 Å². The maximum Gasteiger partial charge on any atom is 0.338 e. The second kappa shape index (κ2) is 4.02. The van der Waals surface area contributed by atoms with Crippen molar-refractivity contribution in [1.82, 2.24) is 0 Å². The van der Waals surface area contributed by atoms with Gasteiger partial charge < -0.3 is 4.74 Å². The van der Waals surface area contributed by atoms with Crippen molar-refractivity contribution in [2.75, 3.05) is 7.11 Å². The summed E-state index contributed by atoms with van der Waals surface area (Å²) in [6, 6.07) is 4.31. The molecular weight excluding hydrogens is 308 g/mol. The van der Waals surface area contributed by atoms with Crippen LogP contribution in [0.15, 0.2) is 22.7 Å². The molecule has 0 bridgehead atoms. The third-order valence-electron chi connectivity index (χ3n) is 2.98. The molecule has 0 amide bonds. The molecule has 1 aromatic rings. The van der Waals surface area contributed by atoms with Crippen LogP contribution in [0.1, 0.15) is 22.3 Å². The van der Waals surface area contributed by atoms with Gasteiger partial charge in [-0.3, -0.25) is 4.85 Å². The first-order valence-electron chi connectivity index (χ1n) is 5.03. The van der Waals surface area contributed by atoms with E-state index in [1.54, 1.807) is 6.07 Å². The summed E-state index contributed by atoms with van der Waals surface area (Å²) in [6.07, 6.45) is -0.566. The van der Waals surface area contributed by atoms with E-state index in [4.69, 9.17) is 6.57 Å². The summed E-state index contributed by atoms with van der Waals surface area (Å²) in [4.78, 5) is 14.6. The first-order chi connectivity index (χ1) is 8.38. The van der Waals surface area contributed by atoms with Crippen LogP contribution < -0.4 is 0 Å². The van der Waals surface area contributed by atoms with E-state index in [0.717, 1.165) is 0 Å². The molecule has 0 spiro atoms. The molecule has 1 atom stereocenters. The summed E-state index contributed by atoms with van der Waals surface area (Å²) >= 11 is 3.15. The van der Waals surface area contributed by atoms with Gasteiger partial charge >= 0.3 is 17.4 Å². The molecule has 0 heterocycles. The van der Waals surface area contributed by atoms with Crippen molar-refractivity contribution in [2.45, 2.75) is 17.9 Å². The lowest BCUT2D eigenvalue weighted by Crippen LogP contribution is -2.17. The summed E-state index contributed by atoms with van der Waals surface area (Å²) in [5.74, 6) is -3.82. The van der Waals surface area contributed by atoms with Gasteiger partial charge in [-0.1, -0.05) is 15.9 Å². The largest absolute Gasteiger partial charge is 0.465 e. The number of carbonyl (C=O) groups is 1. The molecule has 1 unspecified atom stereocenters. The highest BCUT2D eigenvalue weighted by Crippen LogP contribution is 2.63. The molecule has 1 fully saturated rings. The van der Waals surface area contributed by atoms with Crippen LogP contribution in [0.2, 0.25) is 0 Å². The highest BCUT2D eigenvalue weighted by molar-refractivity contribution is 9.10. The van der Waals surface area contributed by atoms with Crippen molar-refractivity contribution in [3.8, 4) is 0 Å². The number of hydrogen-bond donors (Lipinski definition) is 0. The smallest absolute Gasteiger partial charge is 0.338 e. The highest BCUT2D eigenvalue weighted by atomic mass is 79.9. The van der Waals surface area contributed by atoms with Gasteiger partial charge in [-0.2, -0.15) is 8.78 Å². The maximum absolute atomic E-state index is 13.4. The molecule has 94 valence electrons. The van der Waals surface area contributed by atoms with Crippen molar-refractivity contribution >= 4 is 21.9 Å². The molecule has 3 nitrogen and oxygen atoms in total. The number of esters is 1. The van der Waals surface area contributed by atoms with Crippen LogP contribution in [0, 0.1) is 6.57 Å². The second-order valence-corrected chi connectivity index (χ2v) is 4.95. The average Bonchev–Trinajstić information content (AvgIpc) is 2.92. The zero-order valence-corrected chi connectivity index (χ0v) is 10.9. The summed E-state index contributed by atoms with van der Waals surface area (Å²) in [5.41, 5.74) is -1.90. The van der Waals surface area contributed by atoms with Crippen LogP contribution in [0.25, 0.3) is 4.85 Å². The van der Waals surface area contributed by atoms with Crippen molar-refractivity contribution in [1.29, 1.82) is 0 Å². The van der Waals surface area contributed by atoms with Crippen LogP contribution in [-0.4, -0.2) is 19.0 Å². The van der Waals surface area contributed by atoms with Gasteiger partial charge in [-0.25, -0.2) is 11.4 Å². The van der Waals surface area contributed by atoms with Gasteiger partial charge in [-0.15, -0.1) is 0 Å². The zero-order valence-electron chi connectivity index (χ0n) is 9.34. The van der Waals surface area contributed by atoms with E-state index in [-0.39, 0.29) is 11.1 Å². The molecule has 1 saturated carbocycles. The lowest BCUT2D eigenvalue weighted by Gasteiger charge is -2.10. The fourth-order valence-corrected chi connectivity index (χ4v) is 2.26. The number of hydrogen-bond acceptors (Lipinski definition) is 2. The van der Waals surface area contributed by atoms with Crippen molar-refractivity contribution in [3.05, 3.63) is 45.2 Å². The highest BCUT2D eigenvalue weighted by Gasteiger charge is 2.81. The van der Waals surface area contributed by atoms with Crippen molar-refractivity contribution in [2.24, 2.45) is 0 Å². The Kier molecular flexibility index (Phi) is 2.90. The molecule has 0 aliphatic heterocycles. The van der Waals surface area contributed by atoms with E-state index in [9.17, 15) is 13.6 Å². The molecule has 0 radical (unpaired) electrons. The predicted octanol–water partition coefficient (Wildman–Crippen LogP) is 3.39. The van der Waals surface area contributed by atoms with E-state index >= 15 is 0 Å². The number of rotatable bonds is 2. The first kappa shape index (κ1) is 13.0. The monoisotopic (exact) mass is 315 g/mol. The Labute approximate surface area is 111 Å². The van der Waals surface area contributed by atoms with E-state index < -0.39 is 23.9 Å². The first-order valence-corrected chi connectivity index (χ1v) is 5.82. The molecule has 1 aromatic carbocycles. The minimum Gasteiger partial charge on any atom is -0.465 e. The Morgan fingerprint density at radius 1 is 1.56 bits per heavy atom. The van der Waals surface area contributed by atoms with Crippen LogP contribution in [0.4, 0.5) is 8.78 Å². The summed E-state index contributed by atoms with van der Waals surface area (Å²) in [6.45, 7) is 7.00. The number of methoxy groups -OCH3 is 1. The van der Waals surface area contributed by atoms with E-state index in [0.29, 0.717) is 4.47 Å². The Hall–Kier alpha value is -1.48. The standard InChI is InChI=1S/C12H8BrF2NO2/c1-16-11(6-12(11,14)15)9-5-7(13)3-4-8(9)10(17)18-2/h3-5H,6H2,2H3. The van der Waals surface area contributed by atoms with Crippen molar-refractivity contribution in [3.63, 3.8) is 0 Å². The fourth-order valence-electron chi connectivity index (χ4n) is 1.90. The Bertz CT molecular complexity index is 568. The molecule has 2 rings (SSSR count). The molecule has 18 heavy (non-hydrogen) atoms. The number of alkyl halides is 2. The minimum absolute atomic E-state index is 0.00822. The lowest BCUT2D eigenvalue weighted by atomic mass is 9.98. The van der Waals surface area contributed by atoms with Crippen LogP contribution in [-0.2, 0) is 10.3 Å². The van der Waals surface area contributed by atoms with E-state index in [1.165, 1.54) is 19.2 Å². The van der Waals surface area contributed by atoms with Gasteiger partial charge in [0.15, 0.2) is 0 Å². The van der Waals surface area contributed by atoms with Gasteiger partial charge in [0, 0.05) is 4.47 Å². The van der Waals surface area contributed by atoms with E-state index in [1.807, 2.05) is 0 Å². The molecule has 0 saturated heterocycles. The zero-order chi connectivity index (χ0) is 13.6. The van der Waals surface area contributed by atoms with Gasteiger partial charge in [0.05, 0.1) is 18.2 Å². The number of halogens is 3. The Balaban J connectivity index is 2.61. The lowest BCUT2D eigenvalue weighted by molar-refractivity contribution is 0.0596. The fraction of sp³-hybridized carbons (Fsp3) is 0.333. The normalized spacial score (nSPS) is 24.2. The summed E-state index contributed by atoms with van der Waals surface area (Å²) < 4.78 is 32.0. The molecule has 6 heteroatoms. The third-order valence-corrected chi connectivity index (χ3v) is 3.47. The Morgan fingerprint density at radius 2 is 2.17 bits per heavy atom. The SMILES string of the molecule is [C-]#[N+]C1(c2cc(Br)ccc2C(=O)OC)CC1(F)F. The van der Waals surface area contributed by atoms with Crippen LogP contribution >= 0.6 is 15.9 Å². The van der Waals surface area contributed by atoms with Gasteiger partial charge in [0.25, 0.3) is 0 Å². The minimum atomic E-state index is -3.10. The number of carbonyl (C=O) groups excluding carboxylic acids is 1. The second-order valence-electron chi connectivity index (χ2n) is 4.03. The van der Waals surface area contributed by atoms with Crippen LogP contribution in [0.3, 0.4) is 0 Å². The molecule has 0 aromatic heterocycles. The molecule has 0 N–H and O–H groups in total. The number of benzene rings is 1. The Morgan fingerprint density at radius 3 is 2.61 bits per heavy atom. The molecular formula is C12H8BrF2NO2. The number of nitrogens with zero attached hydrogens (tertiary/aromatic N) is 1. The maximum atomic E-state index is 13.4. The summed E-state index contributed by atoms with van der Waals surface area (Å²) in [5, 5.41) is 0. The van der Waals surface area contributed by atoms with Crippen LogP contribution in [0.5, 0.6) is 0 Å². The molecule has 1 aliphatic carbocycles.